The van der Waals surface area contributed by atoms with E-state index in [-0.39, 0.29) is 5.91 Å². The maximum Gasteiger partial charge on any atom is 0.276 e. The summed E-state index contributed by atoms with van der Waals surface area (Å²) in [4.78, 5) is 14.3. The van der Waals surface area contributed by atoms with Crippen molar-refractivity contribution in [2.24, 2.45) is 0 Å². The molecule has 0 atom stereocenters. The molecule has 0 aliphatic carbocycles. The molecule has 1 fully saturated rings. The van der Waals surface area contributed by atoms with E-state index in [1.807, 2.05) is 49.4 Å². The van der Waals surface area contributed by atoms with Crippen molar-refractivity contribution >= 4 is 29.3 Å². The van der Waals surface area contributed by atoms with Crippen LogP contribution in [0.4, 0.5) is 0 Å². The minimum Gasteiger partial charge on any atom is -0.496 e. The van der Waals surface area contributed by atoms with E-state index in [1.165, 1.54) is 0 Å². The van der Waals surface area contributed by atoms with Gasteiger partial charge in [-0.2, -0.15) is 0 Å². The second kappa shape index (κ2) is 10.8. The number of hydrogen-bond acceptors (Lipinski definition) is 5. The summed E-state index contributed by atoms with van der Waals surface area (Å²) in [5, 5.41) is 3.48. The lowest BCUT2D eigenvalue weighted by molar-refractivity contribution is -0.122. The molecule has 0 bridgehead atoms. The van der Waals surface area contributed by atoms with Crippen molar-refractivity contribution in [3.05, 3.63) is 59.3 Å². The molecule has 3 rings (SSSR count). The predicted octanol–water partition coefficient (Wildman–Crippen LogP) is 4.53. The lowest BCUT2D eigenvalue weighted by atomic mass is 10.1. The first kappa shape index (κ1) is 22.6. The number of nitrogens with zero attached hydrogens (tertiary/aromatic N) is 1. The number of amides is 1. The number of unbranched alkanes of at least 4 members (excludes halogenated alkanes) is 1. The molecule has 0 spiro atoms. The van der Waals surface area contributed by atoms with Gasteiger partial charge in [0.05, 0.1) is 13.7 Å². The minimum atomic E-state index is -0.0993. The molecule has 1 heterocycles. The van der Waals surface area contributed by atoms with Crippen LogP contribution in [0.15, 0.2) is 48.2 Å². The molecule has 164 valence electrons. The van der Waals surface area contributed by atoms with Gasteiger partial charge in [-0.1, -0.05) is 31.5 Å². The number of rotatable bonds is 10. The maximum absolute atomic E-state index is 12.7. The van der Waals surface area contributed by atoms with Crippen LogP contribution in [-0.4, -0.2) is 36.2 Å². The fourth-order valence-corrected chi connectivity index (χ4v) is 3.54. The van der Waals surface area contributed by atoms with Gasteiger partial charge in [-0.25, -0.2) is 0 Å². The Kier molecular flexibility index (Phi) is 7.89. The predicted molar refractivity (Wildman–Crippen MR) is 125 cm³/mol. The van der Waals surface area contributed by atoms with E-state index in [9.17, 15) is 4.79 Å². The van der Waals surface area contributed by atoms with E-state index < -0.39 is 0 Å². The molecule has 1 saturated heterocycles. The summed E-state index contributed by atoms with van der Waals surface area (Å²) in [6, 6.07) is 13.3. The van der Waals surface area contributed by atoms with Crippen LogP contribution in [0.1, 0.15) is 37.8 Å². The van der Waals surface area contributed by atoms with Gasteiger partial charge in [-0.05, 0) is 61.5 Å². The first-order valence-corrected chi connectivity index (χ1v) is 10.8. The van der Waals surface area contributed by atoms with E-state index in [2.05, 4.69) is 12.2 Å². The normalized spacial score (nSPS) is 14.7. The summed E-state index contributed by atoms with van der Waals surface area (Å²) in [6.45, 7) is 5.50. The molecule has 0 aromatic heterocycles. The molecule has 1 aliphatic rings. The Morgan fingerprint density at radius 2 is 1.81 bits per heavy atom. The summed E-state index contributed by atoms with van der Waals surface area (Å²) in [6.07, 6.45) is 3.71. The third-order valence-electron chi connectivity index (χ3n) is 4.85. The molecule has 0 radical (unpaired) electrons. The van der Waals surface area contributed by atoms with Gasteiger partial charge in [0, 0.05) is 12.1 Å². The number of methoxy groups -OCH3 is 1. The number of benzene rings is 2. The van der Waals surface area contributed by atoms with Crippen molar-refractivity contribution in [1.29, 1.82) is 0 Å². The third kappa shape index (κ3) is 5.55. The van der Waals surface area contributed by atoms with Gasteiger partial charge in [0.15, 0.2) is 16.6 Å². The van der Waals surface area contributed by atoms with Crippen LogP contribution in [0, 0.1) is 0 Å². The molecule has 0 saturated carbocycles. The zero-order chi connectivity index (χ0) is 22.2. The first-order valence-electron chi connectivity index (χ1n) is 10.4. The highest BCUT2D eigenvalue weighted by molar-refractivity contribution is 7.80. The Morgan fingerprint density at radius 1 is 1.06 bits per heavy atom. The number of ether oxygens (including phenoxy) is 3. The quantitative estimate of drug-likeness (QED) is 0.433. The SMILES string of the molecule is CCCCN1C(=O)/C(=C\c2ccc(OC)c(COc3ccccc3OCC)c2)NC1=S. The van der Waals surface area contributed by atoms with Crippen LogP contribution in [0.25, 0.3) is 6.08 Å². The Morgan fingerprint density at radius 3 is 2.48 bits per heavy atom. The topological polar surface area (TPSA) is 60.0 Å². The molecule has 1 amide bonds. The number of thiocarbonyl (C=S) groups is 1. The van der Waals surface area contributed by atoms with Crippen molar-refractivity contribution in [3.8, 4) is 17.2 Å². The zero-order valence-electron chi connectivity index (χ0n) is 18.1. The number of hydrogen-bond donors (Lipinski definition) is 1. The Labute approximate surface area is 188 Å². The summed E-state index contributed by atoms with van der Waals surface area (Å²) in [5.41, 5.74) is 2.19. The lowest BCUT2D eigenvalue weighted by Gasteiger charge is -2.14. The van der Waals surface area contributed by atoms with Crippen molar-refractivity contribution in [3.63, 3.8) is 0 Å². The number of nitrogens with one attached hydrogen (secondary N) is 1. The van der Waals surface area contributed by atoms with Gasteiger partial charge in [0.25, 0.3) is 5.91 Å². The highest BCUT2D eigenvalue weighted by Gasteiger charge is 2.29. The molecule has 1 aliphatic heterocycles. The molecule has 2 aromatic rings. The van der Waals surface area contributed by atoms with Crippen LogP contribution in [0.2, 0.25) is 0 Å². The van der Waals surface area contributed by atoms with Crippen LogP contribution >= 0.6 is 12.2 Å². The van der Waals surface area contributed by atoms with Gasteiger partial charge < -0.3 is 19.5 Å². The maximum atomic E-state index is 12.7. The van der Waals surface area contributed by atoms with Crippen molar-refractivity contribution in [2.45, 2.75) is 33.3 Å². The number of para-hydroxylation sites is 2. The van der Waals surface area contributed by atoms with Gasteiger partial charge in [-0.3, -0.25) is 9.69 Å². The monoisotopic (exact) mass is 440 g/mol. The van der Waals surface area contributed by atoms with Gasteiger partial charge in [0.1, 0.15) is 18.1 Å². The molecule has 31 heavy (non-hydrogen) atoms. The minimum absolute atomic E-state index is 0.0993. The molecule has 2 aromatic carbocycles. The molecule has 6 nitrogen and oxygen atoms in total. The average Bonchev–Trinajstić information content (AvgIpc) is 3.04. The van der Waals surface area contributed by atoms with Crippen LogP contribution < -0.4 is 19.5 Å². The molecule has 0 unspecified atom stereocenters. The van der Waals surface area contributed by atoms with Gasteiger partial charge in [-0.15, -0.1) is 0 Å². The fraction of sp³-hybridized carbons (Fsp3) is 0.333. The molecular weight excluding hydrogens is 412 g/mol. The molecule has 1 N–H and O–H groups in total. The Balaban J connectivity index is 1.79. The van der Waals surface area contributed by atoms with E-state index in [1.54, 1.807) is 18.1 Å². The number of carbonyl (C=O) groups excluding carboxylic acids is 1. The van der Waals surface area contributed by atoms with Crippen molar-refractivity contribution in [1.82, 2.24) is 10.2 Å². The number of carbonyl (C=O) groups is 1. The fourth-order valence-electron chi connectivity index (χ4n) is 3.26. The second-order valence-electron chi connectivity index (χ2n) is 7.04. The Hall–Kier alpha value is -3.06. The summed E-state index contributed by atoms with van der Waals surface area (Å²) in [7, 11) is 1.62. The smallest absolute Gasteiger partial charge is 0.276 e. The summed E-state index contributed by atoms with van der Waals surface area (Å²) in [5.74, 6) is 1.97. The highest BCUT2D eigenvalue weighted by atomic mass is 32.1. The highest BCUT2D eigenvalue weighted by Crippen LogP contribution is 2.29. The average molecular weight is 441 g/mol. The van der Waals surface area contributed by atoms with Crippen molar-refractivity contribution in [2.75, 3.05) is 20.3 Å². The summed E-state index contributed by atoms with van der Waals surface area (Å²) < 4.78 is 17.1. The second-order valence-corrected chi connectivity index (χ2v) is 7.42. The lowest BCUT2D eigenvalue weighted by Crippen LogP contribution is -2.31. The van der Waals surface area contributed by atoms with E-state index in [0.717, 1.165) is 24.0 Å². The van der Waals surface area contributed by atoms with Gasteiger partial charge in [0.2, 0.25) is 0 Å². The van der Waals surface area contributed by atoms with E-state index >= 15 is 0 Å². The van der Waals surface area contributed by atoms with Crippen LogP contribution in [0.5, 0.6) is 17.2 Å². The largest absolute Gasteiger partial charge is 0.496 e. The zero-order valence-corrected chi connectivity index (χ0v) is 19.0. The van der Waals surface area contributed by atoms with E-state index in [0.29, 0.717) is 47.8 Å². The standard InChI is InChI=1S/C24H28N2O4S/c1-4-6-13-26-23(27)19(25-24(26)31)15-17-11-12-20(28-3)18(14-17)16-30-22-10-8-7-9-21(22)29-5-2/h7-12,14-15H,4-6,13,16H2,1-3H3,(H,25,31)/b19-15+. The molecule has 7 heteroatoms. The van der Waals surface area contributed by atoms with Crippen molar-refractivity contribution < 1.29 is 19.0 Å². The summed E-state index contributed by atoms with van der Waals surface area (Å²) >= 11 is 5.32. The Bertz CT molecular complexity index is 974. The van der Waals surface area contributed by atoms with E-state index in [4.69, 9.17) is 26.4 Å². The van der Waals surface area contributed by atoms with Crippen LogP contribution in [0.3, 0.4) is 0 Å². The third-order valence-corrected chi connectivity index (χ3v) is 5.17. The molecular formula is C24H28N2O4S. The first-order chi connectivity index (χ1) is 15.1. The van der Waals surface area contributed by atoms with Gasteiger partial charge >= 0.3 is 0 Å². The van der Waals surface area contributed by atoms with Crippen LogP contribution in [-0.2, 0) is 11.4 Å².